The summed E-state index contributed by atoms with van der Waals surface area (Å²) in [6.45, 7) is 4.50. The normalized spacial score (nSPS) is 16.9. The zero-order chi connectivity index (χ0) is 13.8. The number of nitrogens with zero attached hydrogens (tertiary/aromatic N) is 1. The van der Waals surface area contributed by atoms with Crippen LogP contribution in [0.25, 0.3) is 0 Å². The van der Waals surface area contributed by atoms with Crippen LogP contribution in [0.5, 0.6) is 0 Å². The number of rotatable bonds is 7. The van der Waals surface area contributed by atoms with Gasteiger partial charge in [-0.25, -0.2) is 0 Å². The van der Waals surface area contributed by atoms with E-state index in [9.17, 15) is 0 Å². The monoisotopic (exact) mass is 326 g/mol. The predicted molar refractivity (Wildman–Crippen MR) is 82.3 cm³/mol. The molecule has 1 aromatic rings. The van der Waals surface area contributed by atoms with Gasteiger partial charge in [0.05, 0.1) is 6.61 Å². The van der Waals surface area contributed by atoms with E-state index in [1.54, 1.807) is 7.11 Å². The molecule has 19 heavy (non-hydrogen) atoms. The lowest BCUT2D eigenvalue weighted by Gasteiger charge is -2.31. The molecule has 106 valence electrons. The molecule has 1 atom stereocenters. The van der Waals surface area contributed by atoms with Gasteiger partial charge in [0.15, 0.2) is 0 Å². The predicted octanol–water partition coefficient (Wildman–Crippen LogP) is 2.87. The van der Waals surface area contributed by atoms with Gasteiger partial charge in [-0.15, -0.1) is 0 Å². The van der Waals surface area contributed by atoms with Crippen molar-refractivity contribution >= 4 is 15.9 Å². The molecule has 1 saturated carbocycles. The van der Waals surface area contributed by atoms with Crippen LogP contribution >= 0.6 is 15.9 Å². The molecule has 2 rings (SSSR count). The molecular weight excluding hydrogens is 304 g/mol. The summed E-state index contributed by atoms with van der Waals surface area (Å²) in [6.07, 6.45) is 2.57. The van der Waals surface area contributed by atoms with Crippen LogP contribution in [0.2, 0.25) is 0 Å². The van der Waals surface area contributed by atoms with E-state index in [2.05, 4.69) is 46.0 Å². The minimum atomic E-state index is 0.300. The molecule has 1 aliphatic carbocycles. The molecule has 1 fully saturated rings. The van der Waals surface area contributed by atoms with E-state index in [1.807, 2.05) is 0 Å². The van der Waals surface area contributed by atoms with Gasteiger partial charge in [-0.1, -0.05) is 28.1 Å². The van der Waals surface area contributed by atoms with Crippen LogP contribution in [0.3, 0.4) is 0 Å². The Balaban J connectivity index is 2.17. The van der Waals surface area contributed by atoms with Gasteiger partial charge in [-0.3, -0.25) is 4.90 Å². The Labute approximate surface area is 124 Å². The van der Waals surface area contributed by atoms with Crippen molar-refractivity contribution in [2.45, 2.75) is 31.8 Å². The maximum absolute atomic E-state index is 6.04. The van der Waals surface area contributed by atoms with Crippen LogP contribution < -0.4 is 5.73 Å². The van der Waals surface area contributed by atoms with E-state index in [0.717, 1.165) is 17.6 Å². The summed E-state index contributed by atoms with van der Waals surface area (Å²) in [6, 6.07) is 7.53. The molecule has 4 heteroatoms. The van der Waals surface area contributed by atoms with Gasteiger partial charge < -0.3 is 10.5 Å². The van der Waals surface area contributed by atoms with E-state index < -0.39 is 0 Å². The summed E-state index contributed by atoms with van der Waals surface area (Å²) in [4.78, 5) is 2.51. The first-order valence-electron chi connectivity index (χ1n) is 6.88. The minimum absolute atomic E-state index is 0.300. The van der Waals surface area contributed by atoms with E-state index in [1.165, 1.54) is 24.0 Å². The SMILES string of the molecule is COCCN(C1CC1)C(CN)c1ccc(Br)c(C)c1. The van der Waals surface area contributed by atoms with Gasteiger partial charge in [-0.05, 0) is 37.0 Å². The Kier molecular flexibility index (Phi) is 5.39. The number of hydrogen-bond acceptors (Lipinski definition) is 3. The zero-order valence-corrected chi connectivity index (χ0v) is 13.3. The molecule has 0 radical (unpaired) electrons. The molecule has 2 N–H and O–H groups in total. The van der Waals surface area contributed by atoms with Crippen molar-refractivity contribution in [3.8, 4) is 0 Å². The van der Waals surface area contributed by atoms with Crippen molar-refractivity contribution in [2.75, 3.05) is 26.8 Å². The molecular formula is C15H23BrN2O. The summed E-state index contributed by atoms with van der Waals surface area (Å²) in [5, 5.41) is 0. The van der Waals surface area contributed by atoms with Crippen molar-refractivity contribution in [1.82, 2.24) is 4.90 Å². The zero-order valence-electron chi connectivity index (χ0n) is 11.7. The third kappa shape index (κ3) is 3.78. The van der Waals surface area contributed by atoms with Crippen molar-refractivity contribution in [3.05, 3.63) is 33.8 Å². The minimum Gasteiger partial charge on any atom is -0.383 e. The maximum atomic E-state index is 6.04. The first kappa shape index (κ1) is 15.0. The molecule has 0 spiro atoms. The average molecular weight is 327 g/mol. The van der Waals surface area contributed by atoms with Gasteiger partial charge in [0, 0.05) is 36.8 Å². The molecule has 0 aliphatic heterocycles. The van der Waals surface area contributed by atoms with Crippen LogP contribution in [-0.4, -0.2) is 37.7 Å². The van der Waals surface area contributed by atoms with Crippen molar-refractivity contribution in [1.29, 1.82) is 0 Å². The highest BCUT2D eigenvalue weighted by Crippen LogP contribution is 2.34. The number of hydrogen-bond donors (Lipinski definition) is 1. The average Bonchev–Trinajstić information content (AvgIpc) is 3.22. The molecule has 0 aromatic heterocycles. The van der Waals surface area contributed by atoms with Gasteiger partial charge in [0.25, 0.3) is 0 Å². The quantitative estimate of drug-likeness (QED) is 0.837. The molecule has 1 unspecified atom stereocenters. The maximum Gasteiger partial charge on any atom is 0.0590 e. The van der Waals surface area contributed by atoms with Gasteiger partial charge in [-0.2, -0.15) is 0 Å². The second kappa shape index (κ2) is 6.84. The smallest absolute Gasteiger partial charge is 0.0590 e. The van der Waals surface area contributed by atoms with Crippen LogP contribution in [-0.2, 0) is 4.74 Å². The van der Waals surface area contributed by atoms with Crippen LogP contribution in [0.1, 0.15) is 30.0 Å². The third-order valence-electron chi connectivity index (χ3n) is 3.76. The lowest BCUT2D eigenvalue weighted by atomic mass is 10.0. The lowest BCUT2D eigenvalue weighted by molar-refractivity contribution is 0.115. The summed E-state index contributed by atoms with van der Waals surface area (Å²) in [5.74, 6) is 0. The van der Waals surface area contributed by atoms with Crippen LogP contribution in [0.15, 0.2) is 22.7 Å². The second-order valence-electron chi connectivity index (χ2n) is 5.22. The summed E-state index contributed by atoms with van der Waals surface area (Å²) >= 11 is 3.56. The largest absolute Gasteiger partial charge is 0.383 e. The molecule has 0 amide bonds. The third-order valence-corrected chi connectivity index (χ3v) is 4.65. The van der Waals surface area contributed by atoms with Gasteiger partial charge in [0.1, 0.15) is 0 Å². The van der Waals surface area contributed by atoms with Crippen LogP contribution in [0, 0.1) is 6.92 Å². The molecule has 0 saturated heterocycles. The van der Waals surface area contributed by atoms with Crippen molar-refractivity contribution in [2.24, 2.45) is 5.73 Å². The van der Waals surface area contributed by atoms with E-state index >= 15 is 0 Å². The number of nitrogens with two attached hydrogens (primary N) is 1. The highest BCUT2D eigenvalue weighted by atomic mass is 79.9. The fraction of sp³-hybridized carbons (Fsp3) is 0.600. The summed E-state index contributed by atoms with van der Waals surface area (Å²) in [5.41, 5.74) is 8.61. The number of halogens is 1. The summed E-state index contributed by atoms with van der Waals surface area (Å²) in [7, 11) is 1.76. The topological polar surface area (TPSA) is 38.5 Å². The Morgan fingerprint density at radius 3 is 2.74 bits per heavy atom. The van der Waals surface area contributed by atoms with Crippen LogP contribution in [0.4, 0.5) is 0 Å². The number of benzene rings is 1. The number of aryl methyl sites for hydroxylation is 1. The van der Waals surface area contributed by atoms with Crippen molar-refractivity contribution in [3.63, 3.8) is 0 Å². The fourth-order valence-corrected chi connectivity index (χ4v) is 2.78. The molecule has 0 bridgehead atoms. The van der Waals surface area contributed by atoms with Gasteiger partial charge >= 0.3 is 0 Å². The Morgan fingerprint density at radius 1 is 1.47 bits per heavy atom. The fourth-order valence-electron chi connectivity index (χ4n) is 2.53. The van der Waals surface area contributed by atoms with Crippen molar-refractivity contribution < 1.29 is 4.74 Å². The molecule has 0 heterocycles. The second-order valence-corrected chi connectivity index (χ2v) is 6.08. The molecule has 1 aliphatic rings. The summed E-state index contributed by atoms with van der Waals surface area (Å²) < 4.78 is 6.39. The van der Waals surface area contributed by atoms with E-state index in [4.69, 9.17) is 10.5 Å². The molecule has 1 aromatic carbocycles. The Bertz CT molecular complexity index is 421. The Morgan fingerprint density at radius 2 is 2.21 bits per heavy atom. The Hall–Kier alpha value is -0.420. The number of ether oxygens (including phenoxy) is 1. The van der Waals surface area contributed by atoms with E-state index in [0.29, 0.717) is 18.6 Å². The highest BCUT2D eigenvalue weighted by molar-refractivity contribution is 9.10. The standard InChI is InChI=1S/C15H23BrN2O/c1-11-9-12(3-6-14(11)16)15(10-17)18(7-8-19-2)13-4-5-13/h3,6,9,13,15H,4-5,7-8,10,17H2,1-2H3. The highest BCUT2D eigenvalue weighted by Gasteiger charge is 2.33. The lowest BCUT2D eigenvalue weighted by Crippen LogP contribution is -2.37. The first-order chi connectivity index (χ1) is 9.17. The number of methoxy groups -OCH3 is 1. The van der Waals surface area contributed by atoms with E-state index in [-0.39, 0.29) is 0 Å². The first-order valence-corrected chi connectivity index (χ1v) is 7.67. The molecule has 3 nitrogen and oxygen atoms in total. The van der Waals surface area contributed by atoms with Gasteiger partial charge in [0.2, 0.25) is 0 Å².